The molecule has 1 amide bonds. The summed E-state index contributed by atoms with van der Waals surface area (Å²) >= 11 is 4.52. The standard InChI is InChI=1S/C9H6BrN3O2S/c10-6-3-1-5(2-4-6)7-12-13-8(16-7)11-9(14)15/h1-4H,(H,11,13)(H,14,15). The maximum absolute atomic E-state index is 10.4. The van der Waals surface area contributed by atoms with E-state index >= 15 is 0 Å². The Labute approximate surface area is 103 Å². The van der Waals surface area contributed by atoms with Crippen LogP contribution in [0.2, 0.25) is 0 Å². The van der Waals surface area contributed by atoms with Crippen LogP contribution in [-0.2, 0) is 0 Å². The summed E-state index contributed by atoms with van der Waals surface area (Å²) in [5, 5.41) is 19.2. The van der Waals surface area contributed by atoms with E-state index in [1.165, 1.54) is 11.3 Å². The van der Waals surface area contributed by atoms with E-state index in [2.05, 4.69) is 31.4 Å². The monoisotopic (exact) mass is 299 g/mol. The van der Waals surface area contributed by atoms with Crippen LogP contribution in [0.15, 0.2) is 28.7 Å². The number of carboxylic acid groups (broad SMARTS) is 1. The number of nitrogens with zero attached hydrogens (tertiary/aromatic N) is 2. The van der Waals surface area contributed by atoms with Crippen LogP contribution in [-0.4, -0.2) is 21.4 Å². The van der Waals surface area contributed by atoms with Gasteiger partial charge in [-0.1, -0.05) is 39.4 Å². The van der Waals surface area contributed by atoms with Crippen LogP contribution in [0.1, 0.15) is 0 Å². The SMILES string of the molecule is O=C(O)Nc1nnc(-c2ccc(Br)cc2)s1. The summed E-state index contributed by atoms with van der Waals surface area (Å²) in [5.41, 5.74) is 0.902. The van der Waals surface area contributed by atoms with Gasteiger partial charge in [0, 0.05) is 10.0 Å². The Balaban J connectivity index is 2.24. The average molecular weight is 300 g/mol. The van der Waals surface area contributed by atoms with Crippen LogP contribution < -0.4 is 5.32 Å². The summed E-state index contributed by atoms with van der Waals surface area (Å²) in [5.74, 6) is 0. The number of nitrogens with one attached hydrogen (secondary N) is 1. The number of aromatic nitrogens is 2. The summed E-state index contributed by atoms with van der Waals surface area (Å²) < 4.78 is 0.977. The molecule has 2 aromatic rings. The molecule has 0 saturated heterocycles. The molecule has 2 rings (SSSR count). The second-order valence-electron chi connectivity index (χ2n) is 2.85. The van der Waals surface area contributed by atoms with E-state index in [4.69, 9.17) is 5.11 Å². The van der Waals surface area contributed by atoms with Gasteiger partial charge >= 0.3 is 6.09 Å². The fourth-order valence-electron chi connectivity index (χ4n) is 1.07. The third-order valence-corrected chi connectivity index (χ3v) is 3.15. The first-order valence-electron chi connectivity index (χ1n) is 4.24. The molecule has 0 aliphatic heterocycles. The van der Waals surface area contributed by atoms with Gasteiger partial charge in [0.1, 0.15) is 5.01 Å². The first-order valence-corrected chi connectivity index (χ1v) is 5.85. The number of carbonyl (C=O) groups is 1. The van der Waals surface area contributed by atoms with Crippen LogP contribution in [0.25, 0.3) is 10.6 Å². The molecule has 1 aromatic heterocycles. The third kappa shape index (κ3) is 2.56. The number of amides is 1. The lowest BCUT2D eigenvalue weighted by molar-refractivity contribution is 0.209. The number of halogens is 1. The van der Waals surface area contributed by atoms with Crippen molar-refractivity contribution in [3.63, 3.8) is 0 Å². The van der Waals surface area contributed by atoms with E-state index in [-0.39, 0.29) is 5.13 Å². The van der Waals surface area contributed by atoms with Gasteiger partial charge in [0.05, 0.1) is 0 Å². The van der Waals surface area contributed by atoms with Crippen molar-refractivity contribution in [3.05, 3.63) is 28.7 Å². The molecule has 7 heteroatoms. The van der Waals surface area contributed by atoms with Crippen LogP contribution in [0.4, 0.5) is 9.93 Å². The molecule has 5 nitrogen and oxygen atoms in total. The predicted molar refractivity (Wildman–Crippen MR) is 64.7 cm³/mol. The molecule has 0 atom stereocenters. The van der Waals surface area contributed by atoms with Gasteiger partial charge in [0.15, 0.2) is 0 Å². The molecule has 0 saturated carbocycles. The molecular formula is C9H6BrN3O2S. The molecule has 0 spiro atoms. The van der Waals surface area contributed by atoms with Crippen molar-refractivity contribution in [2.45, 2.75) is 0 Å². The Morgan fingerprint density at radius 1 is 1.31 bits per heavy atom. The van der Waals surface area contributed by atoms with Crippen molar-refractivity contribution in [2.75, 3.05) is 5.32 Å². The van der Waals surface area contributed by atoms with E-state index in [0.717, 1.165) is 10.0 Å². The molecule has 0 fully saturated rings. The molecule has 0 unspecified atom stereocenters. The zero-order valence-electron chi connectivity index (χ0n) is 7.85. The lowest BCUT2D eigenvalue weighted by atomic mass is 10.2. The Morgan fingerprint density at radius 2 is 2.00 bits per heavy atom. The Morgan fingerprint density at radius 3 is 2.62 bits per heavy atom. The Kier molecular flexibility index (Phi) is 3.16. The Hall–Kier alpha value is -1.47. The Bertz CT molecular complexity index is 512. The van der Waals surface area contributed by atoms with Gasteiger partial charge in [-0.2, -0.15) is 0 Å². The molecule has 82 valence electrons. The number of rotatable bonds is 2. The van der Waals surface area contributed by atoms with E-state index in [0.29, 0.717) is 5.01 Å². The highest BCUT2D eigenvalue weighted by molar-refractivity contribution is 9.10. The molecule has 1 aromatic carbocycles. The number of benzene rings is 1. The summed E-state index contributed by atoms with van der Waals surface area (Å²) in [6, 6.07) is 7.55. The first-order chi connectivity index (χ1) is 7.65. The minimum Gasteiger partial charge on any atom is -0.465 e. The van der Waals surface area contributed by atoms with Crippen molar-refractivity contribution in [1.29, 1.82) is 0 Å². The molecule has 2 N–H and O–H groups in total. The second-order valence-corrected chi connectivity index (χ2v) is 4.74. The second kappa shape index (κ2) is 4.58. The highest BCUT2D eigenvalue weighted by Gasteiger charge is 2.08. The first kappa shape index (κ1) is 11.0. The summed E-state index contributed by atoms with van der Waals surface area (Å²) in [6.07, 6.45) is -1.14. The fourth-order valence-corrected chi connectivity index (χ4v) is 2.08. The summed E-state index contributed by atoms with van der Waals surface area (Å²) in [6.45, 7) is 0. The number of hydrogen-bond acceptors (Lipinski definition) is 4. The number of anilines is 1. The van der Waals surface area contributed by atoms with Gasteiger partial charge in [-0.25, -0.2) is 4.79 Å². The van der Waals surface area contributed by atoms with Gasteiger partial charge in [-0.05, 0) is 12.1 Å². The highest BCUT2D eigenvalue weighted by atomic mass is 79.9. The van der Waals surface area contributed by atoms with Gasteiger partial charge in [-0.15, -0.1) is 10.2 Å². The molecule has 0 aliphatic rings. The van der Waals surface area contributed by atoms with Crippen molar-refractivity contribution in [2.24, 2.45) is 0 Å². The largest absolute Gasteiger partial charge is 0.465 e. The summed E-state index contributed by atoms with van der Waals surface area (Å²) in [4.78, 5) is 10.4. The highest BCUT2D eigenvalue weighted by Crippen LogP contribution is 2.27. The zero-order valence-corrected chi connectivity index (χ0v) is 10.2. The fraction of sp³-hybridized carbons (Fsp3) is 0. The maximum atomic E-state index is 10.4. The minimum absolute atomic E-state index is 0.269. The van der Waals surface area contributed by atoms with E-state index in [1.807, 2.05) is 24.3 Å². The van der Waals surface area contributed by atoms with Crippen molar-refractivity contribution < 1.29 is 9.90 Å². The normalized spacial score (nSPS) is 10.1. The van der Waals surface area contributed by atoms with Crippen LogP contribution in [0.3, 0.4) is 0 Å². The summed E-state index contributed by atoms with van der Waals surface area (Å²) in [7, 11) is 0. The van der Waals surface area contributed by atoms with Crippen LogP contribution >= 0.6 is 27.3 Å². The van der Waals surface area contributed by atoms with E-state index < -0.39 is 6.09 Å². The lowest BCUT2D eigenvalue weighted by Crippen LogP contribution is -2.06. The van der Waals surface area contributed by atoms with Gasteiger partial charge in [0.25, 0.3) is 0 Å². The molecule has 1 heterocycles. The molecule has 16 heavy (non-hydrogen) atoms. The van der Waals surface area contributed by atoms with Crippen LogP contribution in [0, 0.1) is 0 Å². The number of hydrogen-bond donors (Lipinski definition) is 2. The zero-order chi connectivity index (χ0) is 11.5. The maximum Gasteiger partial charge on any atom is 0.411 e. The van der Waals surface area contributed by atoms with Crippen LogP contribution in [0.5, 0.6) is 0 Å². The molecule has 0 aliphatic carbocycles. The van der Waals surface area contributed by atoms with E-state index in [1.54, 1.807) is 0 Å². The van der Waals surface area contributed by atoms with Crippen molar-refractivity contribution in [3.8, 4) is 10.6 Å². The average Bonchev–Trinajstić information content (AvgIpc) is 2.66. The smallest absolute Gasteiger partial charge is 0.411 e. The molecule has 0 radical (unpaired) electrons. The third-order valence-electron chi connectivity index (χ3n) is 1.73. The van der Waals surface area contributed by atoms with Gasteiger partial charge < -0.3 is 5.11 Å². The van der Waals surface area contributed by atoms with Crippen molar-refractivity contribution >= 4 is 38.5 Å². The van der Waals surface area contributed by atoms with Gasteiger partial charge in [0.2, 0.25) is 5.13 Å². The van der Waals surface area contributed by atoms with Crippen molar-refractivity contribution in [1.82, 2.24) is 10.2 Å². The van der Waals surface area contributed by atoms with E-state index in [9.17, 15) is 4.79 Å². The lowest BCUT2D eigenvalue weighted by Gasteiger charge is -1.94. The predicted octanol–water partition coefficient (Wildman–Crippen LogP) is 3.06. The topological polar surface area (TPSA) is 75.1 Å². The quantitative estimate of drug-likeness (QED) is 0.893. The minimum atomic E-state index is -1.14. The molecular weight excluding hydrogens is 294 g/mol. The van der Waals surface area contributed by atoms with Gasteiger partial charge in [-0.3, -0.25) is 5.32 Å². The molecule has 0 bridgehead atoms.